The van der Waals surface area contributed by atoms with E-state index in [-0.39, 0.29) is 30.8 Å². The van der Waals surface area contributed by atoms with E-state index in [1.807, 2.05) is 4.90 Å². The fourth-order valence-electron chi connectivity index (χ4n) is 3.42. The summed E-state index contributed by atoms with van der Waals surface area (Å²) in [4.78, 5) is 37.5. The number of nitrogens with two attached hydrogens (primary N) is 1. The average molecular weight is 378 g/mol. The lowest BCUT2D eigenvalue weighted by Gasteiger charge is -2.32. The minimum absolute atomic E-state index is 0.163. The van der Waals surface area contributed by atoms with Crippen LogP contribution < -0.4 is 20.9 Å². The molecule has 3 amide bonds. The summed E-state index contributed by atoms with van der Waals surface area (Å²) in [6.45, 7) is 2.94. The maximum absolute atomic E-state index is 14.7. The fraction of sp³-hybridized carbons (Fsp3) is 0.500. The van der Waals surface area contributed by atoms with Crippen molar-refractivity contribution in [3.63, 3.8) is 0 Å². The predicted octanol–water partition coefficient (Wildman–Crippen LogP) is 0.989. The first-order valence-corrected chi connectivity index (χ1v) is 8.91. The van der Waals surface area contributed by atoms with Gasteiger partial charge in [0.05, 0.1) is 24.5 Å². The van der Waals surface area contributed by atoms with Crippen molar-refractivity contribution in [2.45, 2.75) is 25.9 Å². The third-order valence-corrected chi connectivity index (χ3v) is 4.93. The standard InChI is InChI=1S/C18H23FN4O4/c1-11(24)21-9-14-10-23(18(26)27-14)13-2-3-16(15(19)8-13)22-6-4-12(5-7-22)17(20)25/h2-3,8,12,14H,4-7,9-10H2,1H3,(H2,20,25)(H,21,24)/t14-/m0/s1. The number of halogens is 1. The van der Waals surface area contributed by atoms with Crippen LogP contribution in [0.4, 0.5) is 20.6 Å². The summed E-state index contributed by atoms with van der Waals surface area (Å²) in [6, 6.07) is 4.60. The molecule has 1 aromatic carbocycles. The largest absolute Gasteiger partial charge is 0.442 e. The lowest BCUT2D eigenvalue weighted by atomic mass is 9.96. The molecule has 1 aromatic rings. The first-order valence-electron chi connectivity index (χ1n) is 8.91. The summed E-state index contributed by atoms with van der Waals surface area (Å²) in [5.41, 5.74) is 6.16. The van der Waals surface area contributed by atoms with Crippen molar-refractivity contribution >= 4 is 29.3 Å². The van der Waals surface area contributed by atoms with Gasteiger partial charge in [-0.2, -0.15) is 0 Å². The number of hydrogen-bond acceptors (Lipinski definition) is 5. The van der Waals surface area contributed by atoms with Gasteiger partial charge in [0.15, 0.2) is 0 Å². The lowest BCUT2D eigenvalue weighted by molar-refractivity contribution is -0.122. The topological polar surface area (TPSA) is 105 Å². The van der Waals surface area contributed by atoms with Gasteiger partial charge >= 0.3 is 6.09 Å². The van der Waals surface area contributed by atoms with Crippen molar-refractivity contribution < 1.29 is 23.5 Å². The molecule has 1 atom stereocenters. The first-order chi connectivity index (χ1) is 12.8. The summed E-state index contributed by atoms with van der Waals surface area (Å²) in [5.74, 6) is -1.13. The maximum atomic E-state index is 14.7. The van der Waals surface area contributed by atoms with Crippen LogP contribution in [-0.2, 0) is 14.3 Å². The second-order valence-corrected chi connectivity index (χ2v) is 6.85. The van der Waals surface area contributed by atoms with Crippen LogP contribution in [0.3, 0.4) is 0 Å². The van der Waals surface area contributed by atoms with E-state index < -0.39 is 18.0 Å². The fourth-order valence-corrected chi connectivity index (χ4v) is 3.42. The zero-order valence-electron chi connectivity index (χ0n) is 15.1. The van der Waals surface area contributed by atoms with Crippen molar-refractivity contribution in [2.24, 2.45) is 11.7 Å². The number of cyclic esters (lactones) is 1. The maximum Gasteiger partial charge on any atom is 0.414 e. The van der Waals surface area contributed by atoms with Crippen LogP contribution in [0.15, 0.2) is 18.2 Å². The molecule has 8 nitrogen and oxygen atoms in total. The molecule has 0 saturated carbocycles. The number of anilines is 2. The third-order valence-electron chi connectivity index (χ3n) is 4.93. The molecule has 3 rings (SSSR count). The highest BCUT2D eigenvalue weighted by Gasteiger charge is 2.33. The second-order valence-electron chi connectivity index (χ2n) is 6.85. The van der Waals surface area contributed by atoms with Gasteiger partial charge in [-0.3, -0.25) is 14.5 Å². The predicted molar refractivity (Wildman–Crippen MR) is 96.8 cm³/mol. The van der Waals surface area contributed by atoms with E-state index in [0.29, 0.717) is 37.3 Å². The molecule has 9 heteroatoms. The normalized spacial score (nSPS) is 20.5. The van der Waals surface area contributed by atoms with E-state index in [1.54, 1.807) is 12.1 Å². The van der Waals surface area contributed by atoms with E-state index in [2.05, 4.69) is 5.32 Å². The number of carbonyl (C=O) groups is 3. The third kappa shape index (κ3) is 4.29. The molecular formula is C18H23FN4O4. The quantitative estimate of drug-likeness (QED) is 0.795. The van der Waals surface area contributed by atoms with Crippen molar-refractivity contribution in [2.75, 3.05) is 36.0 Å². The zero-order valence-corrected chi connectivity index (χ0v) is 15.1. The molecular weight excluding hydrogens is 355 g/mol. The van der Waals surface area contributed by atoms with Gasteiger partial charge in [-0.25, -0.2) is 9.18 Å². The Labute approximate surface area is 156 Å². The van der Waals surface area contributed by atoms with Gasteiger partial charge in [-0.05, 0) is 31.0 Å². The van der Waals surface area contributed by atoms with E-state index in [0.717, 1.165) is 0 Å². The van der Waals surface area contributed by atoms with Crippen molar-refractivity contribution in [1.29, 1.82) is 0 Å². The van der Waals surface area contributed by atoms with Gasteiger partial charge < -0.3 is 20.7 Å². The van der Waals surface area contributed by atoms with Crippen LogP contribution in [0.5, 0.6) is 0 Å². The van der Waals surface area contributed by atoms with Gasteiger partial charge in [0.25, 0.3) is 0 Å². The highest BCUT2D eigenvalue weighted by atomic mass is 19.1. The number of amides is 3. The molecule has 0 aliphatic carbocycles. The monoisotopic (exact) mass is 378 g/mol. The van der Waals surface area contributed by atoms with Gasteiger partial charge in [-0.15, -0.1) is 0 Å². The van der Waals surface area contributed by atoms with Gasteiger partial charge in [0.2, 0.25) is 11.8 Å². The van der Waals surface area contributed by atoms with E-state index in [9.17, 15) is 18.8 Å². The Kier molecular flexibility index (Phi) is 5.48. The molecule has 3 N–H and O–H groups in total. The van der Waals surface area contributed by atoms with Crippen LogP contribution >= 0.6 is 0 Å². The summed E-state index contributed by atoms with van der Waals surface area (Å²) in [6.07, 6.45) is 0.149. The van der Waals surface area contributed by atoms with Crippen LogP contribution in [0.2, 0.25) is 0 Å². The van der Waals surface area contributed by atoms with Crippen LogP contribution in [-0.4, -0.2) is 50.2 Å². The molecule has 27 heavy (non-hydrogen) atoms. The van der Waals surface area contributed by atoms with Gasteiger partial charge in [0, 0.05) is 25.9 Å². The van der Waals surface area contributed by atoms with Crippen LogP contribution in [0, 0.1) is 11.7 Å². The second kappa shape index (κ2) is 7.81. The molecule has 2 aliphatic heterocycles. The Hall–Kier alpha value is -2.84. The van der Waals surface area contributed by atoms with Crippen LogP contribution in [0.1, 0.15) is 19.8 Å². The number of ether oxygens (including phenoxy) is 1. The van der Waals surface area contributed by atoms with Crippen LogP contribution in [0.25, 0.3) is 0 Å². The van der Waals surface area contributed by atoms with Crippen molar-refractivity contribution in [1.82, 2.24) is 5.32 Å². The Morgan fingerprint density at radius 2 is 2.04 bits per heavy atom. The zero-order chi connectivity index (χ0) is 19.6. The highest BCUT2D eigenvalue weighted by Crippen LogP contribution is 2.30. The number of piperidine rings is 1. The average Bonchev–Trinajstić information content (AvgIpc) is 3.01. The number of rotatable bonds is 5. The molecule has 0 radical (unpaired) electrons. The number of primary amides is 1. The van der Waals surface area contributed by atoms with Gasteiger partial charge in [0.1, 0.15) is 11.9 Å². The molecule has 0 aromatic heterocycles. The SMILES string of the molecule is CC(=O)NC[C@H]1CN(c2ccc(N3CCC(C(N)=O)CC3)c(F)c2)C(=O)O1. The Bertz CT molecular complexity index is 749. The molecule has 2 saturated heterocycles. The Balaban J connectivity index is 1.66. The molecule has 0 bridgehead atoms. The van der Waals surface area contributed by atoms with Crippen molar-refractivity contribution in [3.8, 4) is 0 Å². The summed E-state index contributed by atoms with van der Waals surface area (Å²) in [7, 11) is 0. The van der Waals surface area contributed by atoms with Gasteiger partial charge in [-0.1, -0.05) is 0 Å². The van der Waals surface area contributed by atoms with Crippen molar-refractivity contribution in [3.05, 3.63) is 24.0 Å². The molecule has 2 aliphatic rings. The number of carbonyl (C=O) groups excluding carboxylic acids is 3. The summed E-state index contributed by atoms with van der Waals surface area (Å²) >= 11 is 0. The number of nitrogens with one attached hydrogen (secondary N) is 1. The molecule has 0 unspecified atom stereocenters. The molecule has 2 fully saturated rings. The number of benzene rings is 1. The van der Waals surface area contributed by atoms with E-state index >= 15 is 0 Å². The Morgan fingerprint density at radius 3 is 2.63 bits per heavy atom. The molecule has 0 spiro atoms. The summed E-state index contributed by atoms with van der Waals surface area (Å²) in [5, 5.41) is 2.60. The van der Waals surface area contributed by atoms with E-state index in [4.69, 9.17) is 10.5 Å². The number of nitrogens with zero attached hydrogens (tertiary/aromatic N) is 2. The molecule has 146 valence electrons. The Morgan fingerprint density at radius 1 is 1.33 bits per heavy atom. The smallest absolute Gasteiger partial charge is 0.414 e. The molecule has 2 heterocycles. The minimum atomic E-state index is -0.570. The highest BCUT2D eigenvalue weighted by molar-refractivity contribution is 5.90. The number of hydrogen-bond donors (Lipinski definition) is 2. The van der Waals surface area contributed by atoms with E-state index in [1.165, 1.54) is 17.9 Å². The first kappa shape index (κ1) is 18.9. The lowest BCUT2D eigenvalue weighted by Crippen LogP contribution is -2.39. The minimum Gasteiger partial charge on any atom is -0.442 e. The summed E-state index contributed by atoms with van der Waals surface area (Å²) < 4.78 is 19.8.